The third-order valence-electron chi connectivity index (χ3n) is 3.47. The number of benzene rings is 2. The van der Waals surface area contributed by atoms with Crippen LogP contribution in [0.25, 0.3) is 0 Å². The molecule has 0 aliphatic rings. The topological polar surface area (TPSA) is 84.9 Å². The largest absolute Gasteiger partial charge is 0.484 e. The maximum Gasteiger partial charge on any atom is 0.337 e. The number of carbonyl (C=O) groups is 3. The van der Waals surface area contributed by atoms with E-state index in [2.05, 4.69) is 10.1 Å². The number of anilines is 1. The summed E-state index contributed by atoms with van der Waals surface area (Å²) < 4.78 is 9.99. The highest BCUT2D eigenvalue weighted by Crippen LogP contribution is 2.14. The summed E-state index contributed by atoms with van der Waals surface area (Å²) in [4.78, 5) is 36.6. The van der Waals surface area contributed by atoms with E-state index in [4.69, 9.17) is 4.74 Å². The van der Waals surface area contributed by atoms with E-state index in [0.29, 0.717) is 22.6 Å². The van der Waals surface area contributed by atoms with Crippen LogP contribution in [0.1, 0.15) is 20.7 Å². The molecule has 2 amide bonds. The van der Waals surface area contributed by atoms with Crippen molar-refractivity contribution in [3.05, 3.63) is 59.7 Å². The van der Waals surface area contributed by atoms with Crippen molar-refractivity contribution in [2.75, 3.05) is 33.1 Å². The Bertz CT molecular complexity index is 783. The number of rotatable bonds is 6. The van der Waals surface area contributed by atoms with Gasteiger partial charge in [0.05, 0.1) is 12.7 Å². The van der Waals surface area contributed by atoms with Crippen molar-refractivity contribution in [2.45, 2.75) is 0 Å². The monoisotopic (exact) mass is 356 g/mol. The summed E-state index contributed by atoms with van der Waals surface area (Å²) in [7, 11) is 4.65. The van der Waals surface area contributed by atoms with Crippen LogP contribution in [0.2, 0.25) is 0 Å². The van der Waals surface area contributed by atoms with Crippen molar-refractivity contribution in [3.63, 3.8) is 0 Å². The molecule has 2 rings (SSSR count). The van der Waals surface area contributed by atoms with E-state index in [-0.39, 0.29) is 18.4 Å². The first-order chi connectivity index (χ1) is 12.4. The van der Waals surface area contributed by atoms with Crippen LogP contribution >= 0.6 is 0 Å². The number of nitrogens with zero attached hydrogens (tertiary/aromatic N) is 1. The van der Waals surface area contributed by atoms with Gasteiger partial charge in [0.15, 0.2) is 6.61 Å². The Morgan fingerprint density at radius 1 is 0.923 bits per heavy atom. The fourth-order valence-electron chi connectivity index (χ4n) is 2.11. The summed E-state index contributed by atoms with van der Waals surface area (Å²) in [5.74, 6) is -0.430. The highest BCUT2D eigenvalue weighted by Gasteiger charge is 2.09. The van der Waals surface area contributed by atoms with Crippen molar-refractivity contribution < 1.29 is 23.9 Å². The molecule has 2 aromatic carbocycles. The lowest BCUT2D eigenvalue weighted by Crippen LogP contribution is -2.22. The number of esters is 1. The van der Waals surface area contributed by atoms with Gasteiger partial charge in [-0.2, -0.15) is 0 Å². The van der Waals surface area contributed by atoms with E-state index >= 15 is 0 Å². The third kappa shape index (κ3) is 5.07. The molecule has 0 spiro atoms. The van der Waals surface area contributed by atoms with Gasteiger partial charge in [-0.3, -0.25) is 9.59 Å². The molecule has 0 aliphatic carbocycles. The van der Waals surface area contributed by atoms with Crippen LogP contribution in [-0.2, 0) is 9.53 Å². The number of carbonyl (C=O) groups excluding carboxylic acids is 3. The molecule has 0 atom stereocenters. The summed E-state index contributed by atoms with van der Waals surface area (Å²) in [6, 6.07) is 12.9. The molecule has 0 bridgehead atoms. The predicted octanol–water partition coefficient (Wildman–Crippen LogP) is 2.19. The lowest BCUT2D eigenvalue weighted by atomic mass is 10.2. The third-order valence-corrected chi connectivity index (χ3v) is 3.47. The van der Waals surface area contributed by atoms with Gasteiger partial charge in [0.25, 0.3) is 11.8 Å². The van der Waals surface area contributed by atoms with Crippen LogP contribution in [0.15, 0.2) is 48.5 Å². The average molecular weight is 356 g/mol. The number of nitrogens with one attached hydrogen (secondary N) is 1. The molecule has 7 heteroatoms. The van der Waals surface area contributed by atoms with Gasteiger partial charge in [-0.25, -0.2) is 4.79 Å². The first-order valence-electron chi connectivity index (χ1n) is 7.83. The molecule has 26 heavy (non-hydrogen) atoms. The smallest absolute Gasteiger partial charge is 0.337 e. The van der Waals surface area contributed by atoms with E-state index in [0.717, 1.165) is 0 Å². The van der Waals surface area contributed by atoms with Gasteiger partial charge in [-0.05, 0) is 48.5 Å². The Morgan fingerprint density at radius 3 is 2.04 bits per heavy atom. The molecule has 0 fully saturated rings. The highest BCUT2D eigenvalue weighted by molar-refractivity contribution is 5.95. The van der Waals surface area contributed by atoms with Crippen LogP contribution in [-0.4, -0.2) is 50.5 Å². The molecule has 0 heterocycles. The van der Waals surface area contributed by atoms with E-state index in [1.165, 1.54) is 12.0 Å². The van der Waals surface area contributed by atoms with E-state index in [9.17, 15) is 14.4 Å². The summed E-state index contributed by atoms with van der Waals surface area (Å²) in [6.07, 6.45) is 0. The maximum absolute atomic E-state index is 11.9. The van der Waals surface area contributed by atoms with E-state index in [1.807, 2.05) is 0 Å². The first-order valence-corrected chi connectivity index (χ1v) is 7.83. The number of hydrogen-bond acceptors (Lipinski definition) is 5. The van der Waals surface area contributed by atoms with Crippen molar-refractivity contribution in [1.82, 2.24) is 4.90 Å². The quantitative estimate of drug-likeness (QED) is 0.802. The Hall–Kier alpha value is -3.35. The van der Waals surface area contributed by atoms with E-state index < -0.39 is 5.97 Å². The maximum atomic E-state index is 11.9. The van der Waals surface area contributed by atoms with Gasteiger partial charge in [-0.15, -0.1) is 0 Å². The van der Waals surface area contributed by atoms with Crippen LogP contribution in [0.5, 0.6) is 5.75 Å². The SMILES string of the molecule is COC(=O)c1ccc(OCC(=O)Nc2ccc(C(=O)N(C)C)cc2)cc1. The van der Waals surface area contributed by atoms with Crippen molar-refractivity contribution >= 4 is 23.5 Å². The number of hydrogen-bond donors (Lipinski definition) is 1. The zero-order chi connectivity index (χ0) is 19.1. The molecule has 0 radical (unpaired) electrons. The Kier molecular flexibility index (Phi) is 6.32. The highest BCUT2D eigenvalue weighted by atomic mass is 16.5. The molecular formula is C19H20N2O5. The van der Waals surface area contributed by atoms with Crippen LogP contribution < -0.4 is 10.1 Å². The van der Waals surface area contributed by atoms with Gasteiger partial charge in [0.1, 0.15) is 5.75 Å². The van der Waals surface area contributed by atoms with Gasteiger partial charge >= 0.3 is 5.97 Å². The summed E-state index contributed by atoms with van der Waals surface area (Å²) in [5, 5.41) is 2.68. The summed E-state index contributed by atoms with van der Waals surface area (Å²) in [6.45, 7) is -0.185. The molecule has 0 saturated carbocycles. The minimum Gasteiger partial charge on any atom is -0.484 e. The number of amides is 2. The lowest BCUT2D eigenvalue weighted by Gasteiger charge is -2.11. The fraction of sp³-hybridized carbons (Fsp3) is 0.211. The molecule has 7 nitrogen and oxygen atoms in total. The zero-order valence-corrected chi connectivity index (χ0v) is 14.8. The normalized spacial score (nSPS) is 9.96. The molecule has 0 aliphatic heterocycles. The van der Waals surface area contributed by atoms with E-state index in [1.54, 1.807) is 62.6 Å². The molecule has 0 unspecified atom stereocenters. The zero-order valence-electron chi connectivity index (χ0n) is 14.8. The molecule has 136 valence electrons. The number of methoxy groups -OCH3 is 1. The second-order valence-corrected chi connectivity index (χ2v) is 5.63. The average Bonchev–Trinajstić information content (AvgIpc) is 2.66. The standard InChI is InChI=1S/C19H20N2O5/c1-21(2)18(23)13-4-8-15(9-5-13)20-17(22)12-26-16-10-6-14(7-11-16)19(24)25-3/h4-11H,12H2,1-3H3,(H,20,22). The van der Waals surface area contributed by atoms with Crippen LogP contribution in [0, 0.1) is 0 Å². The number of ether oxygens (including phenoxy) is 2. The van der Waals surface area contributed by atoms with Crippen molar-refractivity contribution in [2.24, 2.45) is 0 Å². The van der Waals surface area contributed by atoms with Crippen LogP contribution in [0.4, 0.5) is 5.69 Å². The molecular weight excluding hydrogens is 336 g/mol. The molecule has 0 saturated heterocycles. The Morgan fingerprint density at radius 2 is 1.50 bits per heavy atom. The van der Waals surface area contributed by atoms with Gasteiger partial charge in [0.2, 0.25) is 0 Å². The minimum atomic E-state index is -0.439. The predicted molar refractivity (Wildman–Crippen MR) is 96.4 cm³/mol. The van der Waals surface area contributed by atoms with Gasteiger partial charge in [0, 0.05) is 25.3 Å². The summed E-state index contributed by atoms with van der Waals surface area (Å²) >= 11 is 0. The second kappa shape index (κ2) is 8.66. The molecule has 2 aromatic rings. The lowest BCUT2D eigenvalue weighted by molar-refractivity contribution is -0.118. The van der Waals surface area contributed by atoms with Crippen molar-refractivity contribution in [1.29, 1.82) is 0 Å². The van der Waals surface area contributed by atoms with Gasteiger partial charge < -0.3 is 19.7 Å². The van der Waals surface area contributed by atoms with Crippen molar-refractivity contribution in [3.8, 4) is 5.75 Å². The second-order valence-electron chi connectivity index (χ2n) is 5.63. The minimum absolute atomic E-state index is 0.110. The Labute approximate surface area is 151 Å². The fourth-order valence-corrected chi connectivity index (χ4v) is 2.11. The Balaban J connectivity index is 1.87. The first kappa shape index (κ1) is 19.0. The molecule has 1 N–H and O–H groups in total. The molecule has 0 aromatic heterocycles. The summed E-state index contributed by atoms with van der Waals surface area (Å²) in [5.41, 5.74) is 1.50. The van der Waals surface area contributed by atoms with Crippen LogP contribution in [0.3, 0.4) is 0 Å². The van der Waals surface area contributed by atoms with Gasteiger partial charge in [-0.1, -0.05) is 0 Å².